The third kappa shape index (κ3) is 2.55. The molecule has 0 aromatic heterocycles. The van der Waals surface area contributed by atoms with Crippen LogP contribution in [0.2, 0.25) is 0 Å². The van der Waals surface area contributed by atoms with E-state index in [9.17, 15) is 20.1 Å². The number of carbonyl (C=O) groups is 1. The summed E-state index contributed by atoms with van der Waals surface area (Å²) in [5.74, 6) is -0.320. The Hall–Kier alpha value is -1.01. The van der Waals surface area contributed by atoms with Crippen molar-refractivity contribution in [3.8, 4) is 0 Å². The number of rotatable bonds is 3. The first-order valence-corrected chi connectivity index (χ1v) is 9.61. The van der Waals surface area contributed by atoms with E-state index in [-0.39, 0.29) is 36.6 Å². The molecule has 6 unspecified atom stereocenters. The van der Waals surface area contributed by atoms with Crippen LogP contribution in [0.5, 0.6) is 0 Å². The molecule has 0 aromatic carbocycles. The quantitative estimate of drug-likeness (QED) is 0.667. The minimum Gasteiger partial charge on any atom is -0.393 e. The highest BCUT2D eigenvalue weighted by Gasteiger charge is 2.61. The third-order valence-electron chi connectivity index (χ3n) is 7.14. The largest absolute Gasteiger partial charge is 0.393 e. The molecule has 3 N–H and O–H groups in total. The molecular formula is C21H32O5. The second kappa shape index (κ2) is 6.26. The second-order valence-electron chi connectivity index (χ2n) is 9.02. The molecular weight excluding hydrogens is 332 g/mol. The van der Waals surface area contributed by atoms with Crippen molar-refractivity contribution in [2.24, 2.45) is 23.2 Å². The van der Waals surface area contributed by atoms with E-state index in [1.165, 1.54) is 0 Å². The van der Waals surface area contributed by atoms with Crippen LogP contribution < -0.4 is 0 Å². The van der Waals surface area contributed by atoms with Crippen molar-refractivity contribution in [3.63, 3.8) is 0 Å². The number of fused-ring (bicyclic) bond motifs is 2. The number of ketones is 1. The van der Waals surface area contributed by atoms with Gasteiger partial charge in [-0.05, 0) is 54.7 Å². The van der Waals surface area contributed by atoms with Crippen LogP contribution in [0, 0.1) is 23.2 Å². The molecule has 0 bridgehead atoms. The zero-order valence-corrected chi connectivity index (χ0v) is 16.5. The lowest BCUT2D eigenvalue weighted by atomic mass is 9.62. The van der Waals surface area contributed by atoms with Gasteiger partial charge in [0, 0.05) is 13.5 Å². The molecule has 1 fully saturated rings. The molecule has 3 rings (SSSR count). The van der Waals surface area contributed by atoms with Crippen LogP contribution in [0.3, 0.4) is 0 Å². The summed E-state index contributed by atoms with van der Waals surface area (Å²) in [7, 11) is 1.55. The molecule has 0 saturated heterocycles. The molecule has 0 spiro atoms. The summed E-state index contributed by atoms with van der Waals surface area (Å²) < 4.78 is 5.25. The van der Waals surface area contributed by atoms with Gasteiger partial charge in [-0.3, -0.25) is 4.79 Å². The molecule has 3 aliphatic rings. The van der Waals surface area contributed by atoms with Crippen LogP contribution in [0.1, 0.15) is 47.0 Å². The van der Waals surface area contributed by atoms with Gasteiger partial charge in [0.15, 0.2) is 5.78 Å². The molecule has 3 aliphatic carbocycles. The first-order chi connectivity index (χ1) is 12.0. The highest BCUT2D eigenvalue weighted by molar-refractivity contribution is 6.02. The van der Waals surface area contributed by atoms with Crippen LogP contribution in [0.15, 0.2) is 23.3 Å². The minimum atomic E-state index is -1.44. The van der Waals surface area contributed by atoms with Crippen molar-refractivity contribution >= 4 is 5.78 Å². The van der Waals surface area contributed by atoms with Gasteiger partial charge in [-0.15, -0.1) is 0 Å². The molecule has 146 valence electrons. The van der Waals surface area contributed by atoms with Gasteiger partial charge in [0.2, 0.25) is 0 Å². The van der Waals surface area contributed by atoms with Crippen molar-refractivity contribution in [1.82, 2.24) is 0 Å². The van der Waals surface area contributed by atoms with E-state index in [1.54, 1.807) is 26.2 Å². The third-order valence-corrected chi connectivity index (χ3v) is 7.14. The van der Waals surface area contributed by atoms with E-state index in [1.807, 2.05) is 20.8 Å². The number of hydrogen-bond acceptors (Lipinski definition) is 5. The molecule has 6 atom stereocenters. The summed E-state index contributed by atoms with van der Waals surface area (Å²) in [6.07, 6.45) is 3.98. The highest BCUT2D eigenvalue weighted by atomic mass is 16.5. The summed E-state index contributed by atoms with van der Waals surface area (Å²) in [4.78, 5) is 13.0. The fraction of sp³-hybridized carbons (Fsp3) is 0.762. The maximum atomic E-state index is 13.0. The van der Waals surface area contributed by atoms with Crippen molar-refractivity contribution in [2.45, 2.75) is 64.3 Å². The van der Waals surface area contributed by atoms with E-state index in [0.717, 1.165) is 12.0 Å². The predicted octanol–water partition coefficient (Wildman–Crippen LogP) is 2.00. The smallest absolute Gasteiger partial charge is 0.168 e. The van der Waals surface area contributed by atoms with E-state index in [4.69, 9.17) is 4.74 Å². The molecule has 0 radical (unpaired) electrons. The summed E-state index contributed by atoms with van der Waals surface area (Å²) in [6, 6.07) is 0. The van der Waals surface area contributed by atoms with Crippen molar-refractivity contribution in [2.75, 3.05) is 13.7 Å². The molecule has 5 nitrogen and oxygen atoms in total. The lowest BCUT2D eigenvalue weighted by Gasteiger charge is -2.46. The van der Waals surface area contributed by atoms with Crippen LogP contribution in [0.4, 0.5) is 0 Å². The average molecular weight is 364 g/mol. The topological polar surface area (TPSA) is 87.0 Å². The number of aliphatic hydroxyl groups excluding tert-OH is 1. The monoisotopic (exact) mass is 364 g/mol. The molecule has 5 heteroatoms. The number of aliphatic hydroxyl groups is 3. The number of allylic oxidation sites excluding steroid dienone is 1. The van der Waals surface area contributed by atoms with Gasteiger partial charge < -0.3 is 20.1 Å². The van der Waals surface area contributed by atoms with Gasteiger partial charge in [-0.25, -0.2) is 0 Å². The first kappa shape index (κ1) is 19.7. The Morgan fingerprint density at radius 2 is 2.00 bits per heavy atom. The van der Waals surface area contributed by atoms with Crippen LogP contribution in [0.25, 0.3) is 0 Å². The Morgan fingerprint density at radius 3 is 2.58 bits per heavy atom. The Bertz CT molecular complexity index is 665. The zero-order valence-electron chi connectivity index (χ0n) is 16.5. The standard InChI is InChI=1S/C21H32O5/c1-12(2)15-8-18(23)19(4)9-16-14(6-7-20(16,24)11-26-5)13(3)17(22)10-21(15,19)25/h8-9,12-14,17,22,24-25H,6-7,10-11H2,1-5H3. The normalized spacial score (nSPS) is 45.7. The van der Waals surface area contributed by atoms with Gasteiger partial charge in [-0.2, -0.15) is 0 Å². The maximum Gasteiger partial charge on any atom is 0.168 e. The zero-order chi connectivity index (χ0) is 19.5. The summed E-state index contributed by atoms with van der Waals surface area (Å²) >= 11 is 0. The van der Waals surface area contributed by atoms with Gasteiger partial charge >= 0.3 is 0 Å². The fourth-order valence-electron chi connectivity index (χ4n) is 5.37. The number of carbonyl (C=O) groups excluding carboxylic acids is 1. The molecule has 1 saturated carbocycles. The van der Waals surface area contributed by atoms with Gasteiger partial charge in [0.25, 0.3) is 0 Å². The van der Waals surface area contributed by atoms with Gasteiger partial charge in [-0.1, -0.05) is 26.8 Å². The summed E-state index contributed by atoms with van der Waals surface area (Å²) in [5, 5.41) is 33.8. The van der Waals surface area contributed by atoms with Crippen molar-refractivity contribution in [1.29, 1.82) is 0 Å². The van der Waals surface area contributed by atoms with Gasteiger partial charge in [0.05, 0.1) is 18.1 Å². The molecule has 0 aromatic rings. The van der Waals surface area contributed by atoms with E-state index < -0.39 is 22.7 Å². The number of ether oxygens (including phenoxy) is 1. The van der Waals surface area contributed by atoms with Crippen molar-refractivity contribution < 1.29 is 24.9 Å². The van der Waals surface area contributed by atoms with Crippen LogP contribution in [-0.2, 0) is 9.53 Å². The maximum absolute atomic E-state index is 13.0. The highest BCUT2D eigenvalue weighted by Crippen LogP contribution is 2.56. The van der Waals surface area contributed by atoms with E-state index in [0.29, 0.717) is 12.0 Å². The van der Waals surface area contributed by atoms with Crippen LogP contribution in [-0.4, -0.2) is 52.1 Å². The predicted molar refractivity (Wildman–Crippen MR) is 98.4 cm³/mol. The Kier molecular flexibility index (Phi) is 4.76. The van der Waals surface area contributed by atoms with Gasteiger partial charge in [0.1, 0.15) is 11.2 Å². The van der Waals surface area contributed by atoms with Crippen LogP contribution >= 0.6 is 0 Å². The fourth-order valence-corrected chi connectivity index (χ4v) is 5.37. The first-order valence-electron chi connectivity index (χ1n) is 9.61. The lowest BCUT2D eigenvalue weighted by Crippen LogP contribution is -2.53. The molecule has 26 heavy (non-hydrogen) atoms. The number of hydrogen-bond donors (Lipinski definition) is 3. The van der Waals surface area contributed by atoms with E-state index in [2.05, 4.69) is 0 Å². The Morgan fingerprint density at radius 1 is 1.35 bits per heavy atom. The molecule has 0 heterocycles. The van der Waals surface area contributed by atoms with E-state index >= 15 is 0 Å². The Labute approximate surface area is 155 Å². The van der Waals surface area contributed by atoms with Crippen molar-refractivity contribution in [3.05, 3.63) is 23.3 Å². The SMILES string of the molecule is COCC1(O)CCC2C1=CC1(C)C(=O)C=C(C(C)C)C1(O)CC(O)C2C. The Balaban J connectivity index is 2.21. The molecule has 0 aliphatic heterocycles. The molecule has 0 amide bonds. The second-order valence-corrected chi connectivity index (χ2v) is 9.02. The summed E-state index contributed by atoms with van der Waals surface area (Å²) in [6.45, 7) is 7.74. The number of methoxy groups -OCH3 is 1. The summed E-state index contributed by atoms with van der Waals surface area (Å²) in [5.41, 5.74) is -2.39. The average Bonchev–Trinajstić information content (AvgIpc) is 2.95. The lowest BCUT2D eigenvalue weighted by molar-refractivity contribution is -0.132. The minimum absolute atomic E-state index is 0.0108.